The second-order valence-corrected chi connectivity index (χ2v) is 17.3. The van der Waals surface area contributed by atoms with E-state index in [-0.39, 0.29) is 37.6 Å². The Morgan fingerprint density at radius 1 is 0.621 bits per heavy atom. The summed E-state index contributed by atoms with van der Waals surface area (Å²) in [6.45, 7) is 17.2. The number of rotatable bonds is 7. The first kappa shape index (κ1) is 39.3. The second kappa shape index (κ2) is 16.0. The Morgan fingerprint density at radius 3 is 1.98 bits per heavy atom. The van der Waals surface area contributed by atoms with Gasteiger partial charge in [-0.25, -0.2) is 4.98 Å². The monoisotopic (exact) mass is 940 g/mol. The molecule has 0 bridgehead atoms. The van der Waals surface area contributed by atoms with E-state index in [2.05, 4.69) is 143 Å². The molecule has 0 spiro atoms. The van der Waals surface area contributed by atoms with E-state index in [9.17, 15) is 5.11 Å². The van der Waals surface area contributed by atoms with Gasteiger partial charge in [0, 0.05) is 39.9 Å². The molecule has 8 aromatic rings. The van der Waals surface area contributed by atoms with E-state index in [1.165, 1.54) is 5.56 Å². The molecule has 2 heterocycles. The Bertz CT molecular complexity index is 2790. The minimum atomic E-state index is -0.802. The van der Waals surface area contributed by atoms with Crippen LogP contribution in [-0.2, 0) is 31.9 Å². The number of phenolic OH excluding ortho intramolecular Hbond substituents is 1. The number of imidazole rings is 1. The van der Waals surface area contributed by atoms with Crippen LogP contribution in [-0.4, -0.2) is 19.6 Å². The minimum Gasteiger partial charge on any atom is -0.507 e. The van der Waals surface area contributed by atoms with Gasteiger partial charge in [0.1, 0.15) is 11.6 Å². The maximum Gasteiger partial charge on any atom is 0.148 e. The molecule has 2 aromatic heterocycles. The molecule has 294 valence electrons. The van der Waals surface area contributed by atoms with Gasteiger partial charge in [-0.05, 0) is 80.9 Å². The van der Waals surface area contributed by atoms with Gasteiger partial charge in [-0.1, -0.05) is 158 Å². The zero-order valence-electron chi connectivity index (χ0n) is 35.5. The summed E-state index contributed by atoms with van der Waals surface area (Å²) in [5.41, 5.74) is 14.3. The molecule has 0 aliphatic rings. The summed E-state index contributed by atoms with van der Waals surface area (Å²) in [4.78, 5) is 10.3. The standard InChI is InChI=1S/C53H50N3O.Pt/c1-34(2)37-23-26-47(45(32-37)36-15-10-9-11-16-36)56-48-19-14-18-43(50(48)55-51(56)44-17-12-13-20-49(44)57)39-29-40(31-42(30-39)53(6,7)8)46-33-38(27-28-54-46)35-21-24-41(25-22-35)52(3,4)5;/h9-28,30-34,57H,1-8H3;/q-1;/i34D;. The zero-order valence-corrected chi connectivity index (χ0v) is 36.7. The molecule has 0 amide bonds. The normalized spacial score (nSPS) is 12.3. The number of aromatic nitrogens is 3. The SMILES string of the molecule is [2H]C(C)(C)c1ccc(-n2c(-c3ccccc3O)nc3c(-c4[c-]c(-c5cc(-c6ccc(C(C)(C)C)cc6)ccn5)cc(C(C)(C)C)c4)cccc32)c(-c2ccccc2)c1.[Pt]. The summed E-state index contributed by atoms with van der Waals surface area (Å²) in [5, 5.41) is 11.3. The van der Waals surface area contributed by atoms with Gasteiger partial charge in [0.15, 0.2) is 0 Å². The second-order valence-electron chi connectivity index (χ2n) is 17.3. The Labute approximate surface area is 359 Å². The van der Waals surface area contributed by atoms with Crippen molar-refractivity contribution < 1.29 is 27.5 Å². The fourth-order valence-corrected chi connectivity index (χ4v) is 7.50. The van der Waals surface area contributed by atoms with Crippen molar-refractivity contribution in [1.29, 1.82) is 0 Å². The predicted molar refractivity (Wildman–Crippen MR) is 238 cm³/mol. The topological polar surface area (TPSA) is 50.9 Å². The number of phenols is 1. The summed E-state index contributed by atoms with van der Waals surface area (Å²) in [6, 6.07) is 51.5. The van der Waals surface area contributed by atoms with Crippen LogP contribution in [0.25, 0.3) is 72.7 Å². The van der Waals surface area contributed by atoms with Crippen LogP contribution in [0.2, 0.25) is 0 Å². The Hall–Kier alpha value is -5.57. The molecule has 0 saturated carbocycles. The quantitative estimate of drug-likeness (QED) is 0.162. The van der Waals surface area contributed by atoms with E-state index in [0.717, 1.165) is 72.5 Å². The molecule has 6 aromatic carbocycles. The fraction of sp³-hybridized carbons (Fsp3) is 0.208. The van der Waals surface area contributed by atoms with Crippen LogP contribution >= 0.6 is 0 Å². The molecular weight excluding hydrogens is 890 g/mol. The van der Waals surface area contributed by atoms with Crippen molar-refractivity contribution in [2.24, 2.45) is 0 Å². The average Bonchev–Trinajstić information content (AvgIpc) is 3.59. The molecule has 0 fully saturated rings. The Balaban J connectivity index is 0.00000528. The molecule has 1 N–H and O–H groups in total. The van der Waals surface area contributed by atoms with Crippen LogP contribution in [0.15, 0.2) is 146 Å². The summed E-state index contributed by atoms with van der Waals surface area (Å²) >= 11 is 0. The van der Waals surface area contributed by atoms with Crippen molar-refractivity contribution in [1.82, 2.24) is 14.5 Å². The molecular formula is C53H50N3OPt-. The Kier molecular flexibility index (Phi) is 10.8. The van der Waals surface area contributed by atoms with Crippen molar-refractivity contribution in [3.05, 3.63) is 168 Å². The molecule has 4 nitrogen and oxygen atoms in total. The van der Waals surface area contributed by atoms with Crippen molar-refractivity contribution in [2.75, 3.05) is 0 Å². The number of aromatic hydroxyl groups is 1. The number of pyridine rings is 1. The van der Waals surface area contributed by atoms with Crippen LogP contribution in [0, 0.1) is 6.07 Å². The van der Waals surface area contributed by atoms with E-state index >= 15 is 0 Å². The van der Waals surface area contributed by atoms with E-state index in [0.29, 0.717) is 11.4 Å². The third-order valence-corrected chi connectivity index (χ3v) is 10.9. The molecule has 0 aliphatic carbocycles. The van der Waals surface area contributed by atoms with E-state index < -0.39 is 5.89 Å². The first-order valence-corrected chi connectivity index (χ1v) is 19.7. The first-order valence-electron chi connectivity index (χ1n) is 20.2. The Morgan fingerprint density at radius 2 is 1.29 bits per heavy atom. The molecule has 0 unspecified atom stereocenters. The third-order valence-electron chi connectivity index (χ3n) is 10.9. The van der Waals surface area contributed by atoms with Crippen molar-refractivity contribution in [3.8, 4) is 67.5 Å². The molecule has 8 rings (SSSR count). The van der Waals surface area contributed by atoms with Gasteiger partial charge in [-0.15, -0.1) is 29.3 Å². The van der Waals surface area contributed by atoms with E-state index in [4.69, 9.17) is 11.3 Å². The van der Waals surface area contributed by atoms with Gasteiger partial charge in [0.2, 0.25) is 0 Å². The van der Waals surface area contributed by atoms with Crippen LogP contribution in [0.4, 0.5) is 0 Å². The maximum absolute atomic E-state index is 11.3. The summed E-state index contributed by atoms with van der Waals surface area (Å²) in [7, 11) is 0. The minimum absolute atomic E-state index is 0. The fourth-order valence-electron chi connectivity index (χ4n) is 7.50. The molecule has 0 saturated heterocycles. The summed E-state index contributed by atoms with van der Waals surface area (Å²) in [6.07, 6.45) is 1.89. The molecule has 58 heavy (non-hydrogen) atoms. The summed E-state index contributed by atoms with van der Waals surface area (Å²) in [5.74, 6) is -0.0353. The smallest absolute Gasteiger partial charge is 0.148 e. The van der Waals surface area contributed by atoms with Gasteiger partial charge >= 0.3 is 0 Å². The molecule has 0 atom stereocenters. The predicted octanol–water partition coefficient (Wildman–Crippen LogP) is 14.0. The average molecular weight is 941 g/mol. The van der Waals surface area contributed by atoms with E-state index in [1.54, 1.807) is 6.07 Å². The molecule has 0 aliphatic heterocycles. The number of nitrogens with zero attached hydrogens (tertiary/aromatic N) is 3. The third kappa shape index (κ3) is 7.96. The van der Waals surface area contributed by atoms with Gasteiger partial charge in [-0.3, -0.25) is 9.55 Å². The van der Waals surface area contributed by atoms with Gasteiger partial charge in [0.25, 0.3) is 0 Å². The number of fused-ring (bicyclic) bond motifs is 1. The van der Waals surface area contributed by atoms with Crippen molar-refractivity contribution in [3.63, 3.8) is 0 Å². The summed E-state index contributed by atoms with van der Waals surface area (Å²) < 4.78 is 11.1. The number of benzene rings is 6. The number of para-hydroxylation sites is 2. The van der Waals surface area contributed by atoms with Gasteiger partial charge < -0.3 is 5.11 Å². The van der Waals surface area contributed by atoms with Crippen LogP contribution in [0.5, 0.6) is 5.75 Å². The van der Waals surface area contributed by atoms with Crippen LogP contribution in [0.1, 0.15) is 79.3 Å². The van der Waals surface area contributed by atoms with Crippen LogP contribution in [0.3, 0.4) is 0 Å². The molecule has 0 radical (unpaired) electrons. The van der Waals surface area contributed by atoms with Crippen LogP contribution < -0.4 is 0 Å². The molecule has 5 heteroatoms. The maximum atomic E-state index is 11.3. The van der Waals surface area contributed by atoms with E-state index in [1.807, 2.05) is 62.5 Å². The van der Waals surface area contributed by atoms with Gasteiger partial charge in [0.05, 0.1) is 22.3 Å². The van der Waals surface area contributed by atoms with Crippen molar-refractivity contribution >= 4 is 11.0 Å². The largest absolute Gasteiger partial charge is 0.507 e. The first-order chi connectivity index (χ1) is 27.6. The number of hydrogen-bond acceptors (Lipinski definition) is 3. The van der Waals surface area contributed by atoms with Crippen molar-refractivity contribution in [2.45, 2.75) is 72.1 Å². The van der Waals surface area contributed by atoms with Gasteiger partial charge in [-0.2, -0.15) is 0 Å². The number of hydrogen-bond donors (Lipinski definition) is 1. The zero-order chi connectivity index (χ0) is 41.0.